The van der Waals surface area contributed by atoms with Crippen LogP contribution < -0.4 is 9.67 Å². The molecule has 0 saturated heterocycles. The number of rotatable bonds is 5. The Bertz CT molecular complexity index is 926. The van der Waals surface area contributed by atoms with E-state index in [1.165, 1.54) is 6.92 Å². The van der Waals surface area contributed by atoms with Crippen molar-refractivity contribution in [1.29, 1.82) is 0 Å². The second kappa shape index (κ2) is 7.42. The summed E-state index contributed by atoms with van der Waals surface area (Å²) in [4.78, 5) is 33.0. The molecule has 0 fully saturated rings. The number of carbonyl (C=O) groups is 2. The van der Waals surface area contributed by atoms with E-state index in [1.807, 2.05) is 0 Å². The zero-order chi connectivity index (χ0) is 19.5. The summed E-state index contributed by atoms with van der Waals surface area (Å²) in [6, 6.07) is 7.49. The number of nitro benzene ring substituents is 1. The number of nitrogens with one attached hydrogen (secondary N) is 1. The predicted octanol–water partition coefficient (Wildman–Crippen LogP) is 0.685. The van der Waals surface area contributed by atoms with Crippen LogP contribution in [0.15, 0.2) is 42.5 Å². The number of nitrogens with zero attached hydrogens (tertiary/aromatic N) is 1. The van der Waals surface area contributed by atoms with Gasteiger partial charge >= 0.3 is 149 Å². The van der Waals surface area contributed by atoms with Crippen molar-refractivity contribution in [2.45, 2.75) is 6.92 Å². The van der Waals surface area contributed by atoms with Gasteiger partial charge in [0.1, 0.15) is 0 Å². The van der Waals surface area contributed by atoms with Crippen LogP contribution in [0.1, 0.15) is 17.3 Å². The minimum atomic E-state index is -5.35. The van der Waals surface area contributed by atoms with Gasteiger partial charge in [0.15, 0.2) is 0 Å². The van der Waals surface area contributed by atoms with Crippen molar-refractivity contribution < 1.29 is 31.2 Å². The van der Waals surface area contributed by atoms with Gasteiger partial charge in [0.25, 0.3) is 0 Å². The van der Waals surface area contributed by atoms with Gasteiger partial charge in [0.05, 0.1) is 0 Å². The first-order valence-corrected chi connectivity index (χ1v) is 10.3. The molecule has 2 aromatic rings. The summed E-state index contributed by atoms with van der Waals surface area (Å²) < 4.78 is 26.9. The van der Waals surface area contributed by atoms with Crippen LogP contribution in [0.4, 0.5) is 11.4 Å². The van der Waals surface area contributed by atoms with Crippen molar-refractivity contribution in [2.24, 2.45) is 0 Å². The summed E-state index contributed by atoms with van der Waals surface area (Å²) in [7, 11) is 0. The fourth-order valence-electron chi connectivity index (χ4n) is 1.93. The molecule has 2 aromatic carbocycles. The van der Waals surface area contributed by atoms with Crippen molar-refractivity contribution in [2.75, 3.05) is 5.32 Å². The van der Waals surface area contributed by atoms with Gasteiger partial charge in [-0.25, -0.2) is 0 Å². The topological polar surface area (TPSA) is 156 Å². The molecule has 0 bridgehead atoms. The number of nitro groups is 1. The van der Waals surface area contributed by atoms with Gasteiger partial charge in [0.2, 0.25) is 0 Å². The zero-order valence-electron chi connectivity index (χ0n) is 13.3. The number of phenolic OH excluding ortho intramolecular Hbond substituents is 1. The molecule has 0 saturated carbocycles. The molecule has 1 unspecified atom stereocenters. The van der Waals surface area contributed by atoms with Gasteiger partial charge in [-0.2, -0.15) is 0 Å². The summed E-state index contributed by atoms with van der Waals surface area (Å²) in [5.41, 5.74) is -0.512. The molecule has 1 amide bonds. The van der Waals surface area contributed by atoms with E-state index in [2.05, 4.69) is 9.04 Å². The maximum atomic E-state index is 12.4. The van der Waals surface area contributed by atoms with Crippen LogP contribution in [-0.4, -0.2) is 40.2 Å². The van der Waals surface area contributed by atoms with E-state index in [-0.39, 0.29) is 27.0 Å². The van der Waals surface area contributed by atoms with Crippen molar-refractivity contribution in [1.82, 2.24) is 0 Å². The molecule has 2 rings (SSSR count). The predicted molar refractivity (Wildman–Crippen MR) is 89.2 cm³/mol. The third kappa shape index (κ3) is 4.50. The van der Waals surface area contributed by atoms with Crippen LogP contribution in [0.2, 0.25) is 0 Å². The molecule has 10 nitrogen and oxygen atoms in total. The quantitative estimate of drug-likeness (QED) is 0.274. The normalized spacial score (nSPS) is 12.7. The van der Waals surface area contributed by atoms with Crippen LogP contribution in [0.3, 0.4) is 0 Å². The molecule has 136 valence electrons. The Morgan fingerprint density at radius 1 is 1.19 bits per heavy atom. The SMILES string of the molecule is CC(=O)Nc1cc([As](=O)(O)OC(=O)c2ccc([N+](=O)[O-])cc2)ccc1O. The summed E-state index contributed by atoms with van der Waals surface area (Å²) >= 11 is -5.35. The first kappa shape index (κ1) is 19.2. The zero-order valence-corrected chi connectivity index (χ0v) is 15.2. The van der Waals surface area contributed by atoms with Gasteiger partial charge in [0, 0.05) is 0 Å². The number of aromatic hydroxyl groups is 1. The number of benzene rings is 2. The molecule has 0 spiro atoms. The van der Waals surface area contributed by atoms with E-state index in [0.29, 0.717) is 0 Å². The third-order valence-corrected chi connectivity index (χ3v) is 5.96. The van der Waals surface area contributed by atoms with E-state index in [1.54, 1.807) is 0 Å². The average Bonchev–Trinajstić information content (AvgIpc) is 2.56. The maximum absolute atomic E-state index is 12.4. The Morgan fingerprint density at radius 3 is 2.35 bits per heavy atom. The Balaban J connectivity index is 2.24. The van der Waals surface area contributed by atoms with Crippen molar-refractivity contribution >= 4 is 41.8 Å². The minimum absolute atomic E-state index is 0.114. The molecule has 3 N–H and O–H groups in total. The Labute approximate surface area is 149 Å². The fraction of sp³-hybridized carbons (Fsp3) is 0.0667. The first-order valence-electron chi connectivity index (χ1n) is 7.02. The van der Waals surface area contributed by atoms with E-state index in [0.717, 1.165) is 42.5 Å². The Morgan fingerprint density at radius 2 is 1.81 bits per heavy atom. The third-order valence-electron chi connectivity index (χ3n) is 3.14. The Hall–Kier alpha value is -3.10. The molecule has 0 radical (unpaired) electrons. The molecule has 0 aliphatic rings. The van der Waals surface area contributed by atoms with Gasteiger partial charge in [-0.05, 0) is 0 Å². The molecule has 0 aliphatic heterocycles. The number of hydrogen-bond acceptors (Lipinski definition) is 7. The molecule has 1 atom stereocenters. The molecular formula is C15H13AsN2O8. The van der Waals surface area contributed by atoms with Crippen LogP contribution in [0, 0.1) is 10.1 Å². The summed E-state index contributed by atoms with van der Waals surface area (Å²) in [6.45, 7) is 1.18. The molecule has 0 aromatic heterocycles. The van der Waals surface area contributed by atoms with Crippen molar-refractivity contribution in [3.63, 3.8) is 0 Å². The number of phenols is 1. The van der Waals surface area contributed by atoms with Crippen LogP contribution in [0.25, 0.3) is 0 Å². The monoisotopic (exact) mass is 424 g/mol. The van der Waals surface area contributed by atoms with Gasteiger partial charge in [-0.1, -0.05) is 0 Å². The number of hydrogen-bond donors (Lipinski definition) is 3. The van der Waals surface area contributed by atoms with Gasteiger partial charge < -0.3 is 0 Å². The van der Waals surface area contributed by atoms with Crippen molar-refractivity contribution in [3.8, 4) is 5.75 Å². The Kier molecular flexibility index (Phi) is 5.49. The van der Waals surface area contributed by atoms with Crippen LogP contribution in [-0.2, 0) is 12.3 Å². The second-order valence-corrected chi connectivity index (χ2v) is 8.74. The van der Waals surface area contributed by atoms with E-state index in [4.69, 9.17) is 0 Å². The molecule has 0 heterocycles. The van der Waals surface area contributed by atoms with Crippen LogP contribution >= 0.6 is 0 Å². The van der Waals surface area contributed by atoms with Gasteiger partial charge in [-0.3, -0.25) is 0 Å². The molecule has 0 aliphatic carbocycles. The first-order chi connectivity index (χ1) is 12.1. The van der Waals surface area contributed by atoms with E-state index < -0.39 is 31.0 Å². The molecule has 26 heavy (non-hydrogen) atoms. The number of non-ortho nitro benzene ring substituents is 1. The van der Waals surface area contributed by atoms with Crippen molar-refractivity contribution in [3.05, 3.63) is 58.1 Å². The van der Waals surface area contributed by atoms with E-state index in [9.17, 15) is 32.6 Å². The number of carbonyl (C=O) groups excluding carboxylic acids is 2. The second-order valence-electron chi connectivity index (χ2n) is 5.09. The fourth-order valence-corrected chi connectivity index (χ4v) is 4.01. The average molecular weight is 424 g/mol. The molecular weight excluding hydrogens is 411 g/mol. The number of anilines is 1. The van der Waals surface area contributed by atoms with E-state index >= 15 is 0 Å². The summed E-state index contributed by atoms with van der Waals surface area (Å²) in [5.74, 6) is -1.99. The standard InChI is InChI=1S/C15H13AsN2O8/c1-9(19)17-13-8-11(4-7-14(13)20)16(22,23)26-15(21)10-2-5-12(6-3-10)18(24)25/h2-8,20H,1H3,(H,17,19)(H,22,23). The van der Waals surface area contributed by atoms with Gasteiger partial charge in [-0.15, -0.1) is 0 Å². The number of amides is 1. The van der Waals surface area contributed by atoms with Crippen LogP contribution in [0.5, 0.6) is 5.75 Å². The summed E-state index contributed by atoms with van der Waals surface area (Å²) in [5, 5.41) is 22.5. The molecule has 11 heteroatoms. The summed E-state index contributed by atoms with van der Waals surface area (Å²) in [6.07, 6.45) is 0.